The summed E-state index contributed by atoms with van der Waals surface area (Å²) in [6, 6.07) is 1.80. The van der Waals surface area contributed by atoms with Gasteiger partial charge in [0.2, 0.25) is 0 Å². The lowest BCUT2D eigenvalue weighted by Gasteiger charge is -1.86. The summed E-state index contributed by atoms with van der Waals surface area (Å²) in [5, 5.41) is 10.2. The highest BCUT2D eigenvalue weighted by molar-refractivity contribution is 7.13. The van der Waals surface area contributed by atoms with E-state index in [0.717, 1.165) is 5.46 Å². The molecule has 0 aromatic carbocycles. The van der Waals surface area contributed by atoms with Crippen LogP contribution in [0, 0.1) is 0 Å². The van der Waals surface area contributed by atoms with E-state index in [1.807, 2.05) is 0 Å². The first kappa shape index (κ1) is 6.36. The summed E-state index contributed by atoms with van der Waals surface area (Å²) in [4.78, 5) is 10.7. The number of hydrogen-bond acceptors (Lipinski definition) is 2. The Labute approximate surface area is 57.5 Å². The Bertz CT molecular complexity index is 231. The van der Waals surface area contributed by atoms with E-state index in [1.54, 1.807) is 19.3 Å². The van der Waals surface area contributed by atoms with Crippen LogP contribution in [0.15, 0.2) is 11.4 Å². The molecule has 1 aromatic rings. The largest absolute Gasteiger partial charge is 0.477 e. The van der Waals surface area contributed by atoms with E-state index in [4.69, 9.17) is 5.11 Å². The molecular weight excluding hydrogens is 135 g/mol. The molecule has 0 spiro atoms. The van der Waals surface area contributed by atoms with Crippen LogP contribution < -0.4 is 5.46 Å². The summed E-state index contributed by atoms with van der Waals surface area (Å²) in [7, 11) is 1.79. The van der Waals surface area contributed by atoms with Gasteiger partial charge in [0.05, 0.1) is 0 Å². The van der Waals surface area contributed by atoms with Gasteiger partial charge in [0.25, 0.3) is 0 Å². The van der Waals surface area contributed by atoms with Crippen molar-refractivity contribution >= 4 is 30.6 Å². The smallest absolute Gasteiger partial charge is 0.345 e. The average molecular weight is 140 g/mol. The standard InChI is InChI=1S/C5H5BO2S/c6-3-1-2-9-4(3)5(7)8/h1-2H,6H2,(H,7,8). The van der Waals surface area contributed by atoms with Crippen molar-refractivity contribution in [2.45, 2.75) is 0 Å². The minimum atomic E-state index is -0.831. The molecule has 0 unspecified atom stereocenters. The van der Waals surface area contributed by atoms with E-state index in [9.17, 15) is 4.79 Å². The van der Waals surface area contributed by atoms with Crippen LogP contribution in [0.4, 0.5) is 0 Å². The lowest BCUT2D eigenvalue weighted by molar-refractivity contribution is 0.0703. The van der Waals surface area contributed by atoms with Gasteiger partial charge in [0.15, 0.2) is 0 Å². The van der Waals surface area contributed by atoms with Gasteiger partial charge < -0.3 is 5.11 Å². The molecule has 46 valence electrons. The lowest BCUT2D eigenvalue weighted by Crippen LogP contribution is -2.09. The normalized spacial score (nSPS) is 9.33. The molecule has 0 amide bonds. The van der Waals surface area contributed by atoms with Crippen molar-refractivity contribution in [3.05, 3.63) is 16.3 Å². The highest BCUT2D eigenvalue weighted by Gasteiger charge is 2.05. The Morgan fingerprint density at radius 2 is 2.44 bits per heavy atom. The molecule has 1 aromatic heterocycles. The number of carboxylic acids is 1. The molecule has 0 bridgehead atoms. The van der Waals surface area contributed by atoms with Crippen LogP contribution in [0.5, 0.6) is 0 Å². The number of aromatic carboxylic acids is 1. The minimum Gasteiger partial charge on any atom is -0.477 e. The molecule has 0 saturated heterocycles. The summed E-state index contributed by atoms with van der Waals surface area (Å²) in [5.74, 6) is -0.831. The second-order valence-electron chi connectivity index (χ2n) is 1.74. The van der Waals surface area contributed by atoms with Gasteiger partial charge in [-0.1, -0.05) is 11.5 Å². The zero-order chi connectivity index (χ0) is 6.85. The number of hydrogen-bond donors (Lipinski definition) is 1. The van der Waals surface area contributed by atoms with E-state index in [-0.39, 0.29) is 0 Å². The first-order valence-electron chi connectivity index (χ1n) is 2.49. The molecule has 0 saturated carbocycles. The molecular formula is C5H5BO2S. The van der Waals surface area contributed by atoms with Crippen LogP contribution >= 0.6 is 11.3 Å². The Kier molecular flexibility index (Phi) is 1.57. The van der Waals surface area contributed by atoms with Gasteiger partial charge in [-0.3, -0.25) is 0 Å². The molecule has 2 nitrogen and oxygen atoms in total. The van der Waals surface area contributed by atoms with Crippen LogP contribution in [0.3, 0.4) is 0 Å². The first-order valence-corrected chi connectivity index (χ1v) is 3.37. The summed E-state index contributed by atoms with van der Waals surface area (Å²) in [5.41, 5.74) is 0.840. The minimum absolute atomic E-state index is 0.440. The number of thiophene rings is 1. The van der Waals surface area contributed by atoms with Crippen molar-refractivity contribution in [1.29, 1.82) is 0 Å². The van der Waals surface area contributed by atoms with E-state index in [1.165, 1.54) is 11.3 Å². The summed E-state index contributed by atoms with van der Waals surface area (Å²) >= 11 is 1.26. The molecule has 4 heteroatoms. The van der Waals surface area contributed by atoms with Crippen molar-refractivity contribution in [2.24, 2.45) is 0 Å². The molecule has 1 rings (SSSR count). The topological polar surface area (TPSA) is 37.3 Å². The van der Waals surface area contributed by atoms with E-state index in [2.05, 4.69) is 0 Å². The van der Waals surface area contributed by atoms with Crippen molar-refractivity contribution in [3.8, 4) is 0 Å². The molecule has 1 N–H and O–H groups in total. The van der Waals surface area contributed by atoms with Gasteiger partial charge in [0.1, 0.15) is 12.7 Å². The SMILES string of the molecule is Bc1ccsc1C(=O)O. The summed E-state index contributed by atoms with van der Waals surface area (Å²) in [6.45, 7) is 0. The molecule has 9 heavy (non-hydrogen) atoms. The van der Waals surface area contributed by atoms with Crippen molar-refractivity contribution in [1.82, 2.24) is 0 Å². The second-order valence-corrected chi connectivity index (χ2v) is 2.65. The number of carbonyl (C=O) groups is 1. The Hall–Kier alpha value is -0.765. The van der Waals surface area contributed by atoms with Gasteiger partial charge in [-0.25, -0.2) is 4.79 Å². The van der Waals surface area contributed by atoms with Gasteiger partial charge >= 0.3 is 5.97 Å². The third-order valence-corrected chi connectivity index (χ3v) is 2.06. The molecule has 0 atom stereocenters. The van der Waals surface area contributed by atoms with E-state index < -0.39 is 5.97 Å². The quantitative estimate of drug-likeness (QED) is 0.544. The fourth-order valence-electron chi connectivity index (χ4n) is 0.592. The molecule has 0 radical (unpaired) electrons. The third kappa shape index (κ3) is 1.13. The maximum Gasteiger partial charge on any atom is 0.345 e. The van der Waals surface area contributed by atoms with E-state index in [0.29, 0.717) is 4.88 Å². The lowest BCUT2D eigenvalue weighted by atomic mass is 9.97. The highest BCUT2D eigenvalue weighted by atomic mass is 32.1. The highest BCUT2D eigenvalue weighted by Crippen LogP contribution is 2.03. The van der Waals surface area contributed by atoms with Gasteiger partial charge in [-0.15, -0.1) is 11.3 Å². The van der Waals surface area contributed by atoms with Gasteiger partial charge in [0, 0.05) is 0 Å². The fraction of sp³-hybridized carbons (Fsp3) is 0. The molecule has 0 fully saturated rings. The number of rotatable bonds is 1. The third-order valence-electron chi connectivity index (χ3n) is 1.06. The maximum atomic E-state index is 10.3. The maximum absolute atomic E-state index is 10.3. The second kappa shape index (κ2) is 2.23. The molecule has 0 aliphatic rings. The van der Waals surface area contributed by atoms with Crippen molar-refractivity contribution < 1.29 is 9.90 Å². The van der Waals surface area contributed by atoms with Crippen LogP contribution in [0.1, 0.15) is 9.67 Å². The fourth-order valence-corrected chi connectivity index (χ4v) is 1.35. The van der Waals surface area contributed by atoms with Gasteiger partial charge in [-0.05, 0) is 5.38 Å². The molecule has 1 heterocycles. The average Bonchev–Trinajstić information content (AvgIpc) is 2.13. The van der Waals surface area contributed by atoms with Crippen LogP contribution in [0.25, 0.3) is 0 Å². The number of carboxylic acid groups (broad SMARTS) is 1. The monoisotopic (exact) mass is 140 g/mol. The Morgan fingerprint density at radius 1 is 1.78 bits per heavy atom. The predicted molar refractivity (Wildman–Crippen MR) is 39.5 cm³/mol. The molecule has 0 aliphatic carbocycles. The van der Waals surface area contributed by atoms with Crippen LogP contribution in [-0.4, -0.2) is 18.9 Å². The zero-order valence-electron chi connectivity index (χ0n) is 4.92. The van der Waals surface area contributed by atoms with Crippen molar-refractivity contribution in [3.63, 3.8) is 0 Å². The Morgan fingerprint density at radius 3 is 2.67 bits per heavy atom. The first-order chi connectivity index (χ1) is 4.22. The zero-order valence-corrected chi connectivity index (χ0v) is 5.73. The molecule has 0 aliphatic heterocycles. The summed E-state index contributed by atoms with van der Waals surface area (Å²) in [6.07, 6.45) is 0. The summed E-state index contributed by atoms with van der Waals surface area (Å²) < 4.78 is 0. The predicted octanol–water partition coefficient (Wildman–Crippen LogP) is -0.295. The van der Waals surface area contributed by atoms with Crippen LogP contribution in [-0.2, 0) is 0 Å². The van der Waals surface area contributed by atoms with Gasteiger partial charge in [-0.2, -0.15) is 0 Å². The van der Waals surface area contributed by atoms with Crippen molar-refractivity contribution in [2.75, 3.05) is 0 Å². The van der Waals surface area contributed by atoms with E-state index >= 15 is 0 Å². The van der Waals surface area contributed by atoms with Crippen LogP contribution in [0.2, 0.25) is 0 Å². The Balaban J connectivity index is 3.08.